The van der Waals surface area contributed by atoms with Crippen LogP contribution >= 0.6 is 0 Å². The van der Waals surface area contributed by atoms with Gasteiger partial charge < -0.3 is 33.6 Å². The molecule has 4 aliphatic rings. The molecule has 0 aromatic rings. The molecule has 0 aromatic heterocycles. The first-order chi connectivity index (χ1) is 24.2. The van der Waals surface area contributed by atoms with E-state index in [2.05, 4.69) is 22.6 Å². The van der Waals surface area contributed by atoms with Crippen LogP contribution in [-0.2, 0) is 38.3 Å². The summed E-state index contributed by atoms with van der Waals surface area (Å²) in [6, 6.07) is 0. The number of ether oxygens (including phenoxy) is 1. The summed E-state index contributed by atoms with van der Waals surface area (Å²) in [4.78, 5) is 80.0. The standard InChI is InChI=1S/C8H7BF3N2O.C7H6BF3NO3.C5H7BNO2.C4H5F3O2.C2H2.H2N2.H2/c10-8(11,12)7-6-3-14(9-4-15)2-5(6)1-13-7;9-7(10,11)6(15)4-1-12(8-3-13)2-5(4)14;8-4-6-7-2-1-5(9)3-7;1-2-9-3(8)4(5,6)7;2*1-2;/h4H,1-3H2;3-4H,1-2H2;4H,1-3H2;2H2,1H3;2*1-2H;1H. The number of ketones is 3. The van der Waals surface area contributed by atoms with Gasteiger partial charge in [0.2, 0.25) is 5.78 Å². The number of carbonyl (C=O) groups is 7. The molecule has 52 heavy (non-hydrogen) atoms. The minimum atomic E-state index is -5.00. The predicted molar refractivity (Wildman–Crippen MR) is 167 cm³/mol. The van der Waals surface area contributed by atoms with Crippen molar-refractivity contribution in [2.24, 2.45) is 10.9 Å². The van der Waals surface area contributed by atoms with E-state index >= 15 is 0 Å². The van der Waals surface area contributed by atoms with Gasteiger partial charge in [-0.3, -0.25) is 19.4 Å². The molecule has 4 rings (SSSR count). The van der Waals surface area contributed by atoms with Crippen LogP contribution in [-0.4, -0.2) is 155 Å². The molecule has 3 radical (unpaired) electrons. The van der Waals surface area contributed by atoms with Crippen molar-refractivity contribution < 1.29 is 79.2 Å². The summed E-state index contributed by atoms with van der Waals surface area (Å²) in [7, 11) is 3.61. The van der Waals surface area contributed by atoms with Crippen LogP contribution in [0.15, 0.2) is 16.1 Å². The molecule has 0 bridgehead atoms. The van der Waals surface area contributed by atoms with Crippen molar-refractivity contribution in [3.05, 3.63) is 11.1 Å². The lowest BCUT2D eigenvalue weighted by atomic mass is 9.95. The minimum Gasteiger partial charge on any atom is -0.459 e. The smallest absolute Gasteiger partial charge is 0.459 e. The lowest BCUT2D eigenvalue weighted by molar-refractivity contribution is -0.199. The molecule has 26 heteroatoms. The van der Waals surface area contributed by atoms with Crippen molar-refractivity contribution in [2.75, 3.05) is 52.4 Å². The molecule has 2 N–H and O–H groups in total. The second kappa shape index (κ2) is 23.9. The fourth-order valence-electron chi connectivity index (χ4n) is 4.24. The number of aliphatic imine (C=N–C) groups is 1. The average molecular weight is 759 g/mol. The highest BCUT2D eigenvalue weighted by molar-refractivity contribution is 6.65. The number of halogens is 9. The highest BCUT2D eigenvalue weighted by Crippen LogP contribution is 2.32. The molecule has 1 atom stereocenters. The first kappa shape index (κ1) is 49.6. The van der Waals surface area contributed by atoms with E-state index in [0.29, 0.717) is 50.2 Å². The zero-order valence-electron chi connectivity index (χ0n) is 27.0. The number of hydrogen-bond acceptors (Lipinski definition) is 14. The molecule has 4 aliphatic heterocycles. The van der Waals surface area contributed by atoms with Crippen molar-refractivity contribution in [2.45, 2.75) is 31.9 Å². The van der Waals surface area contributed by atoms with Gasteiger partial charge in [0.1, 0.15) is 11.5 Å². The molecular weight excluding hydrogens is 728 g/mol. The summed E-state index contributed by atoms with van der Waals surface area (Å²) in [6.45, 7) is 2.08. The molecule has 14 nitrogen and oxygen atoms in total. The number of rotatable bonds is 8. The molecule has 0 amide bonds. The van der Waals surface area contributed by atoms with E-state index in [1.165, 1.54) is 21.8 Å². The quantitative estimate of drug-likeness (QED) is 0.0685. The predicted octanol–water partition coefficient (Wildman–Crippen LogP) is 1.13. The van der Waals surface area contributed by atoms with Crippen molar-refractivity contribution >= 4 is 69.8 Å². The Morgan fingerprint density at radius 3 is 1.79 bits per heavy atom. The van der Waals surface area contributed by atoms with Crippen LogP contribution in [0, 0.1) is 29.8 Å². The number of alkyl halides is 9. The summed E-state index contributed by atoms with van der Waals surface area (Å²) in [5, 5.41) is 0. The Hall–Kier alpha value is -4.50. The maximum atomic E-state index is 12.4. The van der Waals surface area contributed by atoms with Crippen molar-refractivity contribution in [1.29, 1.82) is 11.1 Å². The molecule has 4 heterocycles. The molecule has 0 aliphatic carbocycles. The number of carbonyl (C=O) groups excluding carboxylic acids is 7. The lowest BCUT2D eigenvalue weighted by Gasteiger charge is -2.14. The van der Waals surface area contributed by atoms with Crippen LogP contribution in [0.1, 0.15) is 14.8 Å². The third kappa shape index (κ3) is 17.6. The fraction of sp³-hybridized carbons (Fsp3) is 0.538. The van der Waals surface area contributed by atoms with Gasteiger partial charge in [-0.15, -0.1) is 12.8 Å². The van der Waals surface area contributed by atoms with Crippen LogP contribution in [0.3, 0.4) is 0 Å². The second-order valence-corrected chi connectivity index (χ2v) is 9.79. The summed E-state index contributed by atoms with van der Waals surface area (Å²) >= 11 is 0. The van der Waals surface area contributed by atoms with Gasteiger partial charge in [-0.25, -0.2) is 15.9 Å². The summed E-state index contributed by atoms with van der Waals surface area (Å²) in [6.07, 6.45) is -4.01. The first-order valence-electron chi connectivity index (χ1n) is 14.1. The van der Waals surface area contributed by atoms with E-state index in [1.807, 2.05) is 0 Å². The van der Waals surface area contributed by atoms with Gasteiger partial charge in [0, 0.05) is 40.6 Å². The van der Waals surface area contributed by atoms with Crippen LogP contribution in [0.2, 0.25) is 0 Å². The second-order valence-electron chi connectivity index (χ2n) is 9.79. The third-order valence-corrected chi connectivity index (χ3v) is 6.30. The van der Waals surface area contributed by atoms with Gasteiger partial charge in [-0.05, 0) is 24.6 Å². The van der Waals surface area contributed by atoms with Crippen molar-refractivity contribution in [3.8, 4) is 12.8 Å². The maximum absolute atomic E-state index is 12.4. The highest BCUT2D eigenvalue weighted by Gasteiger charge is 2.49. The van der Waals surface area contributed by atoms with Crippen LogP contribution in [0.25, 0.3) is 0 Å². The largest absolute Gasteiger partial charge is 0.490 e. The van der Waals surface area contributed by atoms with Gasteiger partial charge in [0.25, 0.3) is 22.2 Å². The number of esters is 1. The Balaban J connectivity index is -0.000000621. The number of nitrogens with one attached hydrogen (secondary N) is 2. The molecule has 0 aromatic carbocycles. The molecule has 2 fully saturated rings. The number of terminal acetylenes is 1. The van der Waals surface area contributed by atoms with E-state index in [9.17, 15) is 73.1 Å². The van der Waals surface area contributed by atoms with Crippen LogP contribution in [0.4, 0.5) is 39.5 Å². The molecule has 0 saturated carbocycles. The number of hydrogen-bond donors (Lipinski definition) is 2. The summed E-state index contributed by atoms with van der Waals surface area (Å²) in [5.41, 5.74) is 10.1. The summed E-state index contributed by atoms with van der Waals surface area (Å²) < 4.78 is 110. The van der Waals surface area contributed by atoms with E-state index in [0.717, 1.165) is 12.2 Å². The zero-order valence-corrected chi connectivity index (χ0v) is 27.0. The van der Waals surface area contributed by atoms with Gasteiger partial charge in [-0.2, -0.15) is 39.5 Å². The Labute approximate surface area is 294 Å². The van der Waals surface area contributed by atoms with E-state index < -0.39 is 47.7 Å². The number of nitrogens with zero attached hydrogens (tertiary/aromatic N) is 4. The molecule has 1 unspecified atom stereocenters. The topological polar surface area (TPSA) is 198 Å². The fourth-order valence-corrected chi connectivity index (χ4v) is 4.24. The molecule has 0 spiro atoms. The maximum Gasteiger partial charge on any atom is 0.490 e. The monoisotopic (exact) mass is 759 g/mol. The van der Waals surface area contributed by atoms with Gasteiger partial charge in [0.05, 0.1) is 37.6 Å². The van der Waals surface area contributed by atoms with Gasteiger partial charge >= 0.3 is 24.5 Å². The average Bonchev–Trinajstić information content (AvgIpc) is 3.84. The SMILES string of the molecule is C#C.CCOC(=O)C(F)(F)F.N=N.O=C[B]N1CC(=O)C(C(=O)C(F)(F)F)C1.O=C[B]N1CC2=C(C1)C(C(F)(F)F)=NC2.O=C[B]N1CCC(=O)C1.[HH]. The Morgan fingerprint density at radius 1 is 0.865 bits per heavy atom. The lowest BCUT2D eigenvalue weighted by Crippen LogP contribution is -2.35. The van der Waals surface area contributed by atoms with E-state index in [4.69, 9.17) is 11.1 Å². The normalized spacial score (nSPS) is 18.4. The Morgan fingerprint density at radius 2 is 1.38 bits per heavy atom. The third-order valence-electron chi connectivity index (χ3n) is 6.30. The van der Waals surface area contributed by atoms with Crippen LogP contribution in [0.5, 0.6) is 0 Å². The first-order valence-corrected chi connectivity index (χ1v) is 14.1. The summed E-state index contributed by atoms with van der Waals surface area (Å²) in [5.74, 6) is -6.47. The Kier molecular flexibility index (Phi) is 22.8. The van der Waals surface area contributed by atoms with Gasteiger partial charge in [-0.1, -0.05) is 0 Å². The molecule has 285 valence electrons. The Bertz CT molecular complexity index is 1350. The van der Waals surface area contributed by atoms with E-state index in [-0.39, 0.29) is 45.6 Å². The van der Waals surface area contributed by atoms with Crippen LogP contribution < -0.4 is 0 Å². The zero-order chi connectivity index (χ0) is 40.9. The van der Waals surface area contributed by atoms with Crippen molar-refractivity contribution in [1.82, 2.24) is 14.4 Å². The minimum absolute atomic E-state index is 0. The molecule has 2 saturated heterocycles. The van der Waals surface area contributed by atoms with Crippen molar-refractivity contribution in [3.63, 3.8) is 0 Å². The highest BCUT2D eigenvalue weighted by atomic mass is 19.4. The molecular formula is C26H31B3F9N6O8. The van der Waals surface area contributed by atoms with Gasteiger partial charge in [0.15, 0.2) is 5.78 Å². The van der Waals surface area contributed by atoms with E-state index in [1.54, 1.807) is 9.62 Å². The number of Topliss-reactive ketones (excluding diaryl/α,β-unsaturated/α-hetero) is 3.